The Hall–Kier alpha value is -3.27. The first kappa shape index (κ1) is 20.5. The van der Waals surface area contributed by atoms with E-state index in [1.54, 1.807) is 18.2 Å². The zero-order chi connectivity index (χ0) is 21.2. The maximum absolute atomic E-state index is 12.5. The van der Waals surface area contributed by atoms with Gasteiger partial charge in [-0.3, -0.25) is 9.59 Å². The number of alkyl halides is 3. The second kappa shape index (κ2) is 7.63. The van der Waals surface area contributed by atoms with Crippen molar-refractivity contribution in [2.24, 2.45) is 0 Å². The van der Waals surface area contributed by atoms with Gasteiger partial charge in [0.25, 0.3) is 0 Å². The molecule has 0 fully saturated rings. The van der Waals surface area contributed by atoms with E-state index < -0.39 is 29.2 Å². The molecule has 2 aromatic rings. The Morgan fingerprint density at radius 2 is 1.62 bits per heavy atom. The van der Waals surface area contributed by atoms with Crippen molar-refractivity contribution in [1.82, 2.24) is 5.32 Å². The number of aliphatic hydroxyl groups is 1. The molecule has 3 N–H and O–H groups in total. The summed E-state index contributed by atoms with van der Waals surface area (Å²) >= 11 is 0. The van der Waals surface area contributed by atoms with Crippen LogP contribution in [0.1, 0.15) is 18.1 Å². The van der Waals surface area contributed by atoms with Crippen molar-refractivity contribution in [1.29, 1.82) is 0 Å². The van der Waals surface area contributed by atoms with E-state index in [0.29, 0.717) is 17.1 Å². The molecule has 0 spiro atoms. The van der Waals surface area contributed by atoms with Crippen molar-refractivity contribution in [3.05, 3.63) is 53.6 Å². The number of amides is 2. The highest BCUT2D eigenvalue weighted by Crippen LogP contribution is 2.35. The van der Waals surface area contributed by atoms with Crippen LogP contribution in [0.25, 0.3) is 0 Å². The highest BCUT2D eigenvalue weighted by atomic mass is 19.4. The van der Waals surface area contributed by atoms with E-state index in [4.69, 9.17) is 9.47 Å². The molecule has 0 saturated carbocycles. The van der Waals surface area contributed by atoms with Crippen LogP contribution >= 0.6 is 0 Å². The molecule has 3 rings (SSSR count). The van der Waals surface area contributed by atoms with Crippen molar-refractivity contribution in [2.75, 3.05) is 18.7 Å². The van der Waals surface area contributed by atoms with Crippen molar-refractivity contribution in [2.45, 2.75) is 18.7 Å². The molecular formula is C19H17F3N2O5. The average molecular weight is 410 g/mol. The molecule has 1 heterocycles. The third kappa shape index (κ3) is 4.77. The Labute approximate surface area is 163 Å². The molecule has 154 valence electrons. The Balaban J connectivity index is 1.57. The third-order valence-corrected chi connectivity index (χ3v) is 4.26. The molecule has 2 aromatic carbocycles. The Morgan fingerprint density at radius 1 is 1.00 bits per heavy atom. The zero-order valence-electron chi connectivity index (χ0n) is 15.2. The van der Waals surface area contributed by atoms with E-state index in [-0.39, 0.29) is 19.0 Å². The fourth-order valence-corrected chi connectivity index (χ4v) is 2.60. The summed E-state index contributed by atoms with van der Waals surface area (Å²) < 4.78 is 48.1. The molecule has 0 aromatic heterocycles. The monoisotopic (exact) mass is 410 g/mol. The lowest BCUT2D eigenvalue weighted by molar-refractivity contribution is -0.137. The number of anilines is 1. The van der Waals surface area contributed by atoms with Gasteiger partial charge >= 0.3 is 18.0 Å². The normalized spacial score (nSPS) is 14.8. The number of rotatable bonds is 4. The largest absolute Gasteiger partial charge is 0.454 e. The first-order chi connectivity index (χ1) is 13.6. The summed E-state index contributed by atoms with van der Waals surface area (Å²) in [6, 6.07) is 8.44. The summed E-state index contributed by atoms with van der Waals surface area (Å²) in [5.41, 5.74) is -1.92. The second-order valence-electron chi connectivity index (χ2n) is 6.55. The van der Waals surface area contributed by atoms with Gasteiger partial charge in [-0.25, -0.2) is 0 Å². The van der Waals surface area contributed by atoms with Crippen molar-refractivity contribution in [3.63, 3.8) is 0 Å². The second-order valence-corrected chi connectivity index (χ2v) is 6.55. The zero-order valence-corrected chi connectivity index (χ0v) is 15.2. The van der Waals surface area contributed by atoms with Crippen LogP contribution in [0.2, 0.25) is 0 Å². The maximum atomic E-state index is 12.5. The van der Waals surface area contributed by atoms with Crippen LogP contribution in [0, 0.1) is 0 Å². The Bertz CT molecular complexity index is 926. The number of hydrogen-bond acceptors (Lipinski definition) is 5. The summed E-state index contributed by atoms with van der Waals surface area (Å²) in [5, 5.41) is 15.1. The van der Waals surface area contributed by atoms with Crippen molar-refractivity contribution < 1.29 is 37.3 Å². The van der Waals surface area contributed by atoms with Crippen LogP contribution < -0.4 is 20.1 Å². The quantitative estimate of drug-likeness (QED) is 0.673. The molecular weight excluding hydrogens is 393 g/mol. The fourth-order valence-electron chi connectivity index (χ4n) is 2.60. The standard InChI is InChI=1S/C19H17F3N2O5/c1-18(27,12-4-7-14-15(8-12)29-10-28-14)9-23-16(25)17(26)24-13-5-2-11(3-6-13)19(20,21)22/h2-8,27H,9-10H2,1H3,(H,23,25)(H,24,26). The lowest BCUT2D eigenvalue weighted by atomic mass is 9.95. The van der Waals surface area contributed by atoms with Crippen LogP contribution in [0.5, 0.6) is 11.5 Å². The highest BCUT2D eigenvalue weighted by Gasteiger charge is 2.30. The van der Waals surface area contributed by atoms with Gasteiger partial charge in [0.1, 0.15) is 5.60 Å². The molecule has 1 aliphatic rings. The van der Waals surface area contributed by atoms with Crippen LogP contribution in [-0.2, 0) is 21.4 Å². The van der Waals surface area contributed by atoms with Crippen LogP contribution in [-0.4, -0.2) is 30.3 Å². The molecule has 10 heteroatoms. The van der Waals surface area contributed by atoms with Crippen LogP contribution in [0.3, 0.4) is 0 Å². The van der Waals surface area contributed by atoms with Gasteiger partial charge in [0.2, 0.25) is 6.79 Å². The number of carbonyl (C=O) groups excluding carboxylic acids is 2. The van der Waals surface area contributed by atoms with Gasteiger partial charge in [0.15, 0.2) is 11.5 Å². The van der Waals surface area contributed by atoms with E-state index in [0.717, 1.165) is 24.3 Å². The first-order valence-corrected chi connectivity index (χ1v) is 8.45. The predicted molar refractivity (Wildman–Crippen MR) is 95.2 cm³/mol. The number of fused-ring (bicyclic) bond motifs is 1. The minimum absolute atomic E-state index is 0.0284. The first-order valence-electron chi connectivity index (χ1n) is 8.45. The van der Waals surface area contributed by atoms with E-state index in [1.807, 2.05) is 0 Å². The molecule has 0 radical (unpaired) electrons. The smallest absolute Gasteiger partial charge is 0.416 e. The molecule has 7 nitrogen and oxygen atoms in total. The lowest BCUT2D eigenvalue weighted by Gasteiger charge is -2.24. The number of hydrogen-bond donors (Lipinski definition) is 3. The molecule has 1 atom stereocenters. The Morgan fingerprint density at radius 3 is 2.28 bits per heavy atom. The molecule has 1 aliphatic heterocycles. The van der Waals surface area contributed by atoms with Gasteiger partial charge in [0, 0.05) is 5.69 Å². The van der Waals surface area contributed by atoms with E-state index in [1.165, 1.54) is 6.92 Å². The predicted octanol–water partition coefficient (Wildman–Crippen LogP) is 2.40. The van der Waals surface area contributed by atoms with Crippen LogP contribution in [0.15, 0.2) is 42.5 Å². The van der Waals surface area contributed by atoms with Gasteiger partial charge in [-0.2, -0.15) is 13.2 Å². The van der Waals surface area contributed by atoms with E-state index in [2.05, 4.69) is 10.6 Å². The number of carbonyl (C=O) groups is 2. The number of benzene rings is 2. The van der Waals surface area contributed by atoms with Gasteiger partial charge in [-0.05, 0) is 48.9 Å². The lowest BCUT2D eigenvalue weighted by Crippen LogP contribution is -2.43. The molecule has 0 aliphatic carbocycles. The Kier molecular flexibility index (Phi) is 5.38. The van der Waals surface area contributed by atoms with Gasteiger partial charge in [-0.15, -0.1) is 0 Å². The van der Waals surface area contributed by atoms with Crippen LogP contribution in [0.4, 0.5) is 18.9 Å². The number of halogens is 3. The SMILES string of the molecule is CC(O)(CNC(=O)C(=O)Nc1ccc(C(F)(F)F)cc1)c1ccc2c(c1)OCO2. The minimum Gasteiger partial charge on any atom is -0.454 e. The summed E-state index contributed by atoms with van der Waals surface area (Å²) in [5.74, 6) is -1.14. The topological polar surface area (TPSA) is 96.9 Å². The number of nitrogens with one attached hydrogen (secondary N) is 2. The summed E-state index contributed by atoms with van der Waals surface area (Å²) in [7, 11) is 0. The van der Waals surface area contributed by atoms with E-state index in [9.17, 15) is 27.9 Å². The molecule has 0 saturated heterocycles. The molecule has 1 unspecified atom stereocenters. The summed E-state index contributed by atoms with van der Waals surface area (Å²) in [6.07, 6.45) is -4.50. The highest BCUT2D eigenvalue weighted by molar-refractivity contribution is 6.39. The van der Waals surface area contributed by atoms with Gasteiger partial charge in [0.05, 0.1) is 12.1 Å². The maximum Gasteiger partial charge on any atom is 0.416 e. The average Bonchev–Trinajstić information content (AvgIpc) is 3.13. The number of ether oxygens (including phenoxy) is 2. The van der Waals surface area contributed by atoms with Crippen molar-refractivity contribution >= 4 is 17.5 Å². The van der Waals surface area contributed by atoms with E-state index >= 15 is 0 Å². The summed E-state index contributed by atoms with van der Waals surface area (Å²) in [4.78, 5) is 23.9. The third-order valence-electron chi connectivity index (χ3n) is 4.26. The molecule has 2 amide bonds. The van der Waals surface area contributed by atoms with Gasteiger partial charge in [-0.1, -0.05) is 6.07 Å². The van der Waals surface area contributed by atoms with Crippen molar-refractivity contribution in [3.8, 4) is 11.5 Å². The molecule has 0 bridgehead atoms. The minimum atomic E-state index is -4.50. The fraction of sp³-hybridized carbons (Fsp3) is 0.263. The molecule has 29 heavy (non-hydrogen) atoms. The summed E-state index contributed by atoms with van der Waals surface area (Å²) in [6.45, 7) is 1.23. The van der Waals surface area contributed by atoms with Gasteiger partial charge < -0.3 is 25.2 Å².